The van der Waals surface area contributed by atoms with Crippen LogP contribution in [0.3, 0.4) is 0 Å². The molecule has 1 unspecified atom stereocenters. The monoisotopic (exact) mass is 267 g/mol. The van der Waals surface area contributed by atoms with Gasteiger partial charge in [0.2, 0.25) is 5.91 Å². The quantitative estimate of drug-likeness (QED) is 0.871. The molecule has 2 aromatic rings. The van der Waals surface area contributed by atoms with Gasteiger partial charge in [-0.2, -0.15) is 0 Å². The smallest absolute Gasteiger partial charge is 0.223 e. The second-order valence-electron chi connectivity index (χ2n) is 5.09. The standard InChI is InChI=1S/C18H21NO/c1-3-14(2)18(20)19-13-15-9-11-17(12-10-15)16-7-5-4-6-8-16/h4-12,14H,3,13H2,1-2H3,(H,19,20). The summed E-state index contributed by atoms with van der Waals surface area (Å²) >= 11 is 0. The average Bonchev–Trinajstić information content (AvgIpc) is 2.53. The van der Waals surface area contributed by atoms with Crippen molar-refractivity contribution >= 4 is 5.91 Å². The first kappa shape index (κ1) is 14.3. The lowest BCUT2D eigenvalue weighted by molar-refractivity contribution is -0.124. The zero-order valence-corrected chi connectivity index (χ0v) is 12.1. The van der Waals surface area contributed by atoms with Gasteiger partial charge in [0.1, 0.15) is 0 Å². The minimum Gasteiger partial charge on any atom is -0.352 e. The van der Waals surface area contributed by atoms with Gasteiger partial charge in [-0.05, 0) is 23.1 Å². The van der Waals surface area contributed by atoms with E-state index in [1.165, 1.54) is 11.1 Å². The van der Waals surface area contributed by atoms with E-state index in [0.717, 1.165) is 12.0 Å². The summed E-state index contributed by atoms with van der Waals surface area (Å²) in [5.74, 6) is 0.207. The van der Waals surface area contributed by atoms with Gasteiger partial charge in [0.15, 0.2) is 0 Å². The number of nitrogens with one attached hydrogen (secondary N) is 1. The van der Waals surface area contributed by atoms with Crippen LogP contribution in [0.25, 0.3) is 11.1 Å². The van der Waals surface area contributed by atoms with Gasteiger partial charge in [-0.25, -0.2) is 0 Å². The lowest BCUT2D eigenvalue weighted by Crippen LogP contribution is -2.28. The fraction of sp³-hybridized carbons (Fsp3) is 0.278. The zero-order chi connectivity index (χ0) is 14.4. The Kier molecular flexibility index (Phi) is 4.94. The Morgan fingerprint density at radius 1 is 1.00 bits per heavy atom. The van der Waals surface area contributed by atoms with Gasteiger partial charge in [-0.15, -0.1) is 0 Å². The third kappa shape index (κ3) is 3.70. The van der Waals surface area contributed by atoms with Crippen LogP contribution in [0.4, 0.5) is 0 Å². The molecule has 0 saturated heterocycles. The predicted molar refractivity (Wildman–Crippen MR) is 83.2 cm³/mol. The summed E-state index contributed by atoms with van der Waals surface area (Å²) in [4.78, 5) is 11.7. The van der Waals surface area contributed by atoms with E-state index in [1.807, 2.05) is 32.0 Å². The molecule has 1 atom stereocenters. The summed E-state index contributed by atoms with van der Waals surface area (Å²) < 4.78 is 0. The number of benzene rings is 2. The molecular weight excluding hydrogens is 246 g/mol. The van der Waals surface area contributed by atoms with Crippen LogP contribution in [0.2, 0.25) is 0 Å². The molecule has 2 heteroatoms. The zero-order valence-electron chi connectivity index (χ0n) is 12.1. The second kappa shape index (κ2) is 6.90. The summed E-state index contributed by atoms with van der Waals surface area (Å²) in [7, 11) is 0. The highest BCUT2D eigenvalue weighted by atomic mass is 16.1. The van der Waals surface area contributed by atoms with Gasteiger partial charge >= 0.3 is 0 Å². The molecule has 1 N–H and O–H groups in total. The van der Waals surface area contributed by atoms with Crippen LogP contribution < -0.4 is 5.32 Å². The third-order valence-corrected chi connectivity index (χ3v) is 3.59. The molecule has 2 aromatic carbocycles. The fourth-order valence-electron chi connectivity index (χ4n) is 1.99. The Balaban J connectivity index is 1.97. The molecule has 1 amide bonds. The van der Waals surface area contributed by atoms with E-state index >= 15 is 0 Å². The molecule has 0 bridgehead atoms. The predicted octanol–water partition coefficient (Wildman–Crippen LogP) is 4.02. The molecule has 0 heterocycles. The van der Waals surface area contributed by atoms with Crippen LogP contribution in [-0.2, 0) is 11.3 Å². The molecule has 2 rings (SSSR count). The summed E-state index contributed by atoms with van der Waals surface area (Å²) in [5.41, 5.74) is 3.53. The minimum atomic E-state index is 0.0820. The second-order valence-corrected chi connectivity index (χ2v) is 5.09. The highest BCUT2D eigenvalue weighted by molar-refractivity contribution is 5.78. The number of rotatable bonds is 5. The summed E-state index contributed by atoms with van der Waals surface area (Å²) in [6, 6.07) is 18.6. The highest BCUT2D eigenvalue weighted by Crippen LogP contribution is 2.19. The van der Waals surface area contributed by atoms with Crippen LogP contribution in [0.5, 0.6) is 0 Å². The maximum atomic E-state index is 11.7. The third-order valence-electron chi connectivity index (χ3n) is 3.59. The molecule has 0 saturated carbocycles. The van der Waals surface area contributed by atoms with E-state index in [4.69, 9.17) is 0 Å². The number of hydrogen-bond acceptors (Lipinski definition) is 1. The number of carbonyl (C=O) groups is 1. The van der Waals surface area contributed by atoms with Crippen molar-refractivity contribution in [1.82, 2.24) is 5.32 Å². The molecule has 0 aliphatic carbocycles. The van der Waals surface area contributed by atoms with E-state index in [9.17, 15) is 4.79 Å². The van der Waals surface area contributed by atoms with E-state index in [0.29, 0.717) is 6.54 Å². The number of amides is 1. The van der Waals surface area contributed by atoms with Crippen molar-refractivity contribution in [2.75, 3.05) is 0 Å². The minimum absolute atomic E-state index is 0.0820. The SMILES string of the molecule is CCC(C)C(=O)NCc1ccc(-c2ccccc2)cc1. The fourth-order valence-corrected chi connectivity index (χ4v) is 1.99. The summed E-state index contributed by atoms with van der Waals surface area (Å²) in [5, 5.41) is 2.97. The van der Waals surface area contributed by atoms with E-state index in [1.54, 1.807) is 0 Å². The normalized spacial score (nSPS) is 11.9. The Bertz CT molecular complexity index is 545. The van der Waals surface area contributed by atoms with E-state index < -0.39 is 0 Å². The molecule has 20 heavy (non-hydrogen) atoms. The van der Waals surface area contributed by atoms with Gasteiger partial charge < -0.3 is 5.32 Å². The molecule has 0 fully saturated rings. The summed E-state index contributed by atoms with van der Waals surface area (Å²) in [6.45, 7) is 4.57. The van der Waals surface area contributed by atoms with Gasteiger partial charge in [-0.3, -0.25) is 4.79 Å². The Morgan fingerprint density at radius 3 is 2.20 bits per heavy atom. The first-order valence-electron chi connectivity index (χ1n) is 7.12. The average molecular weight is 267 g/mol. The molecule has 0 aliphatic heterocycles. The number of carbonyl (C=O) groups excluding carboxylic acids is 1. The van der Waals surface area contributed by atoms with Crippen molar-refractivity contribution in [3.63, 3.8) is 0 Å². The van der Waals surface area contributed by atoms with E-state index in [2.05, 4.69) is 41.7 Å². The van der Waals surface area contributed by atoms with Crippen molar-refractivity contribution < 1.29 is 4.79 Å². The first-order valence-corrected chi connectivity index (χ1v) is 7.12. The highest BCUT2D eigenvalue weighted by Gasteiger charge is 2.09. The number of hydrogen-bond donors (Lipinski definition) is 1. The van der Waals surface area contributed by atoms with Gasteiger partial charge in [0, 0.05) is 12.5 Å². The summed E-state index contributed by atoms with van der Waals surface area (Å²) in [6.07, 6.45) is 0.874. The molecule has 104 valence electrons. The van der Waals surface area contributed by atoms with Gasteiger partial charge in [0.05, 0.1) is 0 Å². The van der Waals surface area contributed by atoms with E-state index in [-0.39, 0.29) is 11.8 Å². The molecule has 2 nitrogen and oxygen atoms in total. The lowest BCUT2D eigenvalue weighted by Gasteiger charge is -2.10. The Morgan fingerprint density at radius 2 is 1.60 bits per heavy atom. The largest absolute Gasteiger partial charge is 0.352 e. The maximum Gasteiger partial charge on any atom is 0.223 e. The van der Waals surface area contributed by atoms with Gasteiger partial charge in [-0.1, -0.05) is 68.4 Å². The lowest BCUT2D eigenvalue weighted by atomic mass is 10.0. The van der Waals surface area contributed by atoms with Crippen molar-refractivity contribution in [1.29, 1.82) is 0 Å². The van der Waals surface area contributed by atoms with Crippen LogP contribution in [0.15, 0.2) is 54.6 Å². The Hall–Kier alpha value is -2.09. The first-order chi connectivity index (χ1) is 9.70. The molecule has 0 spiro atoms. The van der Waals surface area contributed by atoms with Crippen LogP contribution >= 0.6 is 0 Å². The van der Waals surface area contributed by atoms with Gasteiger partial charge in [0.25, 0.3) is 0 Å². The van der Waals surface area contributed by atoms with Crippen LogP contribution in [0.1, 0.15) is 25.8 Å². The molecule has 0 radical (unpaired) electrons. The van der Waals surface area contributed by atoms with Crippen molar-refractivity contribution in [3.8, 4) is 11.1 Å². The molecule has 0 aliphatic rings. The van der Waals surface area contributed by atoms with Crippen LogP contribution in [-0.4, -0.2) is 5.91 Å². The van der Waals surface area contributed by atoms with Crippen molar-refractivity contribution in [3.05, 3.63) is 60.2 Å². The topological polar surface area (TPSA) is 29.1 Å². The molecular formula is C18H21NO. The van der Waals surface area contributed by atoms with Crippen LogP contribution in [0, 0.1) is 5.92 Å². The maximum absolute atomic E-state index is 11.7. The molecule has 0 aromatic heterocycles. The Labute approximate surface area is 120 Å². The van der Waals surface area contributed by atoms with Crippen molar-refractivity contribution in [2.24, 2.45) is 5.92 Å². The van der Waals surface area contributed by atoms with Crippen molar-refractivity contribution in [2.45, 2.75) is 26.8 Å².